The van der Waals surface area contributed by atoms with Crippen molar-refractivity contribution in [2.45, 2.75) is 79.8 Å². The third-order valence-corrected chi connectivity index (χ3v) is 14.1. The summed E-state index contributed by atoms with van der Waals surface area (Å²) in [5.41, 5.74) is 4.57. The molecular weight excluding hydrogens is 825 g/mol. The number of non-ortho nitro benzene ring substituents is 1. The normalized spacial score (nSPS) is 23.1. The number of allylic oxidation sites excluding steroid dienone is 1. The molecule has 7 rings (SSSR count). The maximum absolute atomic E-state index is 11.3. The highest BCUT2D eigenvalue weighted by Crippen LogP contribution is 2.62. The molecule has 2 heterocycles. The quantitative estimate of drug-likeness (QED) is 0.0226. The number of aryl methyl sites for hydroxylation is 1. The first kappa shape index (κ1) is 45.3. The fraction of sp³-hybridized carbons (Fsp3) is 0.438. The van der Waals surface area contributed by atoms with Crippen molar-refractivity contribution in [2.24, 2.45) is 22.9 Å². The van der Waals surface area contributed by atoms with Gasteiger partial charge >= 0.3 is 0 Å². The van der Waals surface area contributed by atoms with Crippen molar-refractivity contribution in [2.75, 3.05) is 37.9 Å². The summed E-state index contributed by atoms with van der Waals surface area (Å²) in [7, 11) is 0. The fourth-order valence-electron chi connectivity index (χ4n) is 9.06. The predicted octanol–water partition coefficient (Wildman–Crippen LogP) is 9.37. The summed E-state index contributed by atoms with van der Waals surface area (Å²) in [4.78, 5) is 27.1. The van der Waals surface area contributed by atoms with Crippen molar-refractivity contribution in [1.29, 1.82) is 0 Å². The Bertz CT molecular complexity index is 2130. The van der Waals surface area contributed by atoms with Gasteiger partial charge in [-0.25, -0.2) is 0 Å². The molecular formula is C48H56N4O8S2. The van der Waals surface area contributed by atoms with Crippen LogP contribution < -0.4 is 9.47 Å². The number of aromatic nitrogens is 2. The van der Waals surface area contributed by atoms with E-state index in [1.54, 1.807) is 60.3 Å². The number of aliphatic hydroxyl groups excluding tert-OH is 2. The highest BCUT2D eigenvalue weighted by molar-refractivity contribution is 8.00. The Hall–Kier alpha value is -4.73. The third kappa shape index (κ3) is 11.1. The van der Waals surface area contributed by atoms with E-state index in [-0.39, 0.29) is 61.0 Å². The van der Waals surface area contributed by atoms with E-state index >= 15 is 0 Å². The van der Waals surface area contributed by atoms with Crippen LogP contribution >= 0.6 is 23.5 Å². The first-order chi connectivity index (χ1) is 30.4. The molecule has 1 aliphatic heterocycles. The van der Waals surface area contributed by atoms with Gasteiger partial charge in [0.05, 0.1) is 40.7 Å². The Balaban J connectivity index is 1.30. The number of nitrogens with zero attached hydrogens (tertiary/aromatic N) is 4. The summed E-state index contributed by atoms with van der Waals surface area (Å²) in [6, 6.07) is 22.8. The van der Waals surface area contributed by atoms with E-state index in [4.69, 9.17) is 24.2 Å². The van der Waals surface area contributed by atoms with Crippen LogP contribution in [0.5, 0.6) is 11.5 Å². The van der Waals surface area contributed by atoms with E-state index in [1.165, 1.54) is 17.0 Å². The van der Waals surface area contributed by atoms with Crippen LogP contribution in [0, 0.1) is 27.9 Å². The number of oxime groups is 1. The van der Waals surface area contributed by atoms with Crippen LogP contribution in [0.2, 0.25) is 0 Å². The molecule has 4 aromatic rings. The number of unbranched alkanes of at least 4 members (excludes halogenated alkanes) is 2. The minimum atomic E-state index is -1.11. The van der Waals surface area contributed by atoms with Gasteiger partial charge in [0, 0.05) is 78.9 Å². The minimum absolute atomic E-state index is 0.0148. The smallest absolute Gasteiger partial charge is 0.269 e. The zero-order valence-electron chi connectivity index (χ0n) is 35.0. The maximum Gasteiger partial charge on any atom is 0.269 e. The van der Waals surface area contributed by atoms with Crippen molar-refractivity contribution < 1.29 is 34.2 Å². The van der Waals surface area contributed by atoms with Gasteiger partial charge in [-0.15, -0.1) is 18.3 Å². The topological polar surface area (TPSA) is 159 Å². The molecule has 328 valence electrons. The van der Waals surface area contributed by atoms with Crippen LogP contribution in [-0.2, 0) is 22.6 Å². The maximum atomic E-state index is 11.3. The molecule has 3 aromatic carbocycles. The Labute approximate surface area is 372 Å². The molecule has 0 unspecified atom stereocenters. The summed E-state index contributed by atoms with van der Waals surface area (Å²) < 4.78 is 20.8. The summed E-state index contributed by atoms with van der Waals surface area (Å²) in [6.45, 7) is 5.23. The number of hydrogen-bond acceptors (Lipinski definition) is 13. The van der Waals surface area contributed by atoms with E-state index in [9.17, 15) is 20.3 Å². The monoisotopic (exact) mass is 880 g/mol. The Morgan fingerprint density at radius 3 is 2.55 bits per heavy atom. The minimum Gasteiger partial charge on any atom is -0.493 e. The van der Waals surface area contributed by atoms with Gasteiger partial charge in [0.25, 0.3) is 5.69 Å². The molecule has 0 spiro atoms. The molecule has 12 nitrogen and oxygen atoms in total. The molecule has 6 atom stereocenters. The molecule has 1 saturated carbocycles. The first-order valence-electron chi connectivity index (χ1n) is 21.5. The van der Waals surface area contributed by atoms with Crippen LogP contribution in [0.4, 0.5) is 5.69 Å². The summed E-state index contributed by atoms with van der Waals surface area (Å²) in [5, 5.41) is 35.8. The van der Waals surface area contributed by atoms with E-state index in [0.29, 0.717) is 32.3 Å². The van der Waals surface area contributed by atoms with Crippen molar-refractivity contribution in [3.8, 4) is 11.5 Å². The second kappa shape index (κ2) is 22.6. The van der Waals surface area contributed by atoms with E-state index in [1.807, 2.05) is 30.3 Å². The van der Waals surface area contributed by atoms with Gasteiger partial charge in [-0.05, 0) is 96.9 Å². The number of benzene rings is 3. The molecule has 62 heavy (non-hydrogen) atoms. The first-order valence-corrected chi connectivity index (χ1v) is 23.6. The average molecular weight is 881 g/mol. The van der Waals surface area contributed by atoms with Gasteiger partial charge in [-0.1, -0.05) is 48.3 Å². The zero-order valence-corrected chi connectivity index (χ0v) is 36.6. The molecule has 0 bridgehead atoms. The number of thioether (sulfide) groups is 2. The van der Waals surface area contributed by atoms with Crippen molar-refractivity contribution >= 4 is 34.9 Å². The molecule has 2 aliphatic carbocycles. The largest absolute Gasteiger partial charge is 0.493 e. The SMILES string of the molecule is C=CCO[C@@]12Oc3ccc(OCCSc4ccccc4)cc3[C@H]3[C@H](CCCCO)[C@@H](CCCCO)C=C(C(=NOCc4ccc([N+](=O)[O-])cc4)C[C@@H]1SCCc1cnccn1)[C@H]32. The molecule has 14 heteroatoms. The summed E-state index contributed by atoms with van der Waals surface area (Å²) in [6.07, 6.45) is 15.4. The van der Waals surface area contributed by atoms with Gasteiger partial charge < -0.3 is 29.3 Å². The number of ether oxygens (including phenoxy) is 3. The zero-order chi connectivity index (χ0) is 43.2. The Morgan fingerprint density at radius 2 is 1.81 bits per heavy atom. The van der Waals surface area contributed by atoms with Crippen LogP contribution in [0.25, 0.3) is 0 Å². The Kier molecular flexibility index (Phi) is 16.5. The lowest BCUT2D eigenvalue weighted by Crippen LogP contribution is -2.64. The van der Waals surface area contributed by atoms with E-state index in [0.717, 1.165) is 76.8 Å². The van der Waals surface area contributed by atoms with E-state index < -0.39 is 10.7 Å². The summed E-state index contributed by atoms with van der Waals surface area (Å²) >= 11 is 3.52. The number of nitro groups is 1. The highest BCUT2D eigenvalue weighted by atomic mass is 32.2. The van der Waals surface area contributed by atoms with Crippen LogP contribution in [0.1, 0.15) is 67.7 Å². The standard InChI is InChI=1S/C48H56N4O8S2/c1-2-25-58-48-45(62-27-20-36-32-49-21-22-50-36)31-43(51-59-33-34-14-16-37(17-15-34)52(55)56)41-29-35(10-6-8-23-53)40(13-7-9-24-54)46(47(41)48)42-30-38(18-19-44(42)60-48)57-26-28-61-39-11-4-3-5-12-39/h2-5,11-12,14-19,21-22,29-30,32,35,40,45-47,53-54H,1,6-10,13,20,23-28,31,33H2/t35-,40+,45-,46+,47+,48+/m0/s1. The highest BCUT2D eigenvalue weighted by Gasteiger charge is 2.64. The molecule has 0 radical (unpaired) electrons. The van der Waals surface area contributed by atoms with Crippen molar-refractivity contribution in [3.63, 3.8) is 0 Å². The second-order valence-electron chi connectivity index (χ2n) is 15.8. The lowest BCUT2D eigenvalue weighted by atomic mass is 9.56. The molecule has 0 amide bonds. The molecule has 0 saturated heterocycles. The van der Waals surface area contributed by atoms with Gasteiger partial charge in [-0.3, -0.25) is 20.1 Å². The number of hydrogen-bond donors (Lipinski definition) is 2. The molecule has 1 aromatic heterocycles. The van der Waals surface area contributed by atoms with Crippen LogP contribution in [0.3, 0.4) is 0 Å². The third-order valence-electron chi connectivity index (χ3n) is 11.8. The number of rotatable bonds is 24. The van der Waals surface area contributed by atoms with Gasteiger partial charge in [0.2, 0.25) is 5.79 Å². The van der Waals surface area contributed by atoms with E-state index in [2.05, 4.69) is 40.8 Å². The number of fused-ring (bicyclic) bond motifs is 2. The van der Waals surface area contributed by atoms with Gasteiger partial charge in [-0.2, -0.15) is 11.8 Å². The fourth-order valence-corrected chi connectivity index (χ4v) is 11.2. The predicted molar refractivity (Wildman–Crippen MR) is 244 cm³/mol. The Morgan fingerprint density at radius 1 is 1.00 bits per heavy atom. The number of aliphatic hydroxyl groups is 2. The van der Waals surface area contributed by atoms with Crippen molar-refractivity contribution in [1.82, 2.24) is 9.97 Å². The average Bonchev–Trinajstić information content (AvgIpc) is 3.30. The number of nitro benzene ring substituents is 1. The van der Waals surface area contributed by atoms with Crippen LogP contribution in [0.15, 0.2) is 126 Å². The van der Waals surface area contributed by atoms with Gasteiger partial charge in [0.15, 0.2) is 0 Å². The molecule has 1 fully saturated rings. The lowest BCUT2D eigenvalue weighted by molar-refractivity contribution is -0.384. The second-order valence-corrected chi connectivity index (χ2v) is 18.2. The van der Waals surface area contributed by atoms with Crippen LogP contribution in [-0.4, -0.2) is 79.8 Å². The molecule has 2 N–H and O–H groups in total. The van der Waals surface area contributed by atoms with Crippen molar-refractivity contribution in [3.05, 3.63) is 143 Å². The lowest BCUT2D eigenvalue weighted by Gasteiger charge is -2.58. The molecule has 3 aliphatic rings. The summed E-state index contributed by atoms with van der Waals surface area (Å²) in [5.74, 6) is 1.85. The van der Waals surface area contributed by atoms with Gasteiger partial charge in [0.1, 0.15) is 18.1 Å².